The van der Waals surface area contributed by atoms with E-state index in [1.807, 2.05) is 16.8 Å². The predicted molar refractivity (Wildman–Crippen MR) is 82.7 cm³/mol. The summed E-state index contributed by atoms with van der Waals surface area (Å²) in [5.41, 5.74) is 7.02. The second-order valence-corrected chi connectivity index (χ2v) is 5.12. The molecule has 0 fully saturated rings. The molecule has 5 heteroatoms. The SMILES string of the molecule is NCC#Cc1ccc(F)c(C(=O)NCCc2ccsc2)c1. The van der Waals surface area contributed by atoms with Crippen LogP contribution in [0.1, 0.15) is 21.5 Å². The number of amides is 1. The highest BCUT2D eigenvalue weighted by Gasteiger charge is 2.11. The molecule has 0 saturated carbocycles. The molecule has 1 amide bonds. The molecule has 0 unspecified atom stereocenters. The molecule has 1 heterocycles. The second kappa shape index (κ2) is 7.58. The first-order valence-corrected chi connectivity index (χ1v) is 7.42. The van der Waals surface area contributed by atoms with Crippen molar-refractivity contribution < 1.29 is 9.18 Å². The molecule has 0 aliphatic carbocycles. The van der Waals surface area contributed by atoms with Gasteiger partial charge in [0.05, 0.1) is 12.1 Å². The zero-order valence-electron chi connectivity index (χ0n) is 11.4. The number of carbonyl (C=O) groups is 1. The number of benzene rings is 1. The topological polar surface area (TPSA) is 55.1 Å². The predicted octanol–water partition coefficient (Wildman–Crippen LogP) is 2.17. The highest BCUT2D eigenvalue weighted by atomic mass is 32.1. The third-order valence-electron chi connectivity index (χ3n) is 2.83. The molecule has 0 radical (unpaired) electrons. The van der Waals surface area contributed by atoms with Crippen molar-refractivity contribution in [2.24, 2.45) is 5.73 Å². The molecule has 0 saturated heterocycles. The van der Waals surface area contributed by atoms with Crippen LogP contribution in [0, 0.1) is 17.7 Å². The van der Waals surface area contributed by atoms with Crippen LogP contribution in [0.2, 0.25) is 0 Å². The lowest BCUT2D eigenvalue weighted by molar-refractivity contribution is 0.0950. The summed E-state index contributed by atoms with van der Waals surface area (Å²) >= 11 is 1.61. The molecule has 0 aliphatic heterocycles. The Labute approximate surface area is 127 Å². The zero-order valence-corrected chi connectivity index (χ0v) is 12.2. The van der Waals surface area contributed by atoms with E-state index in [0.29, 0.717) is 12.1 Å². The molecular weight excluding hydrogens is 287 g/mol. The number of halogens is 1. The molecule has 1 aromatic heterocycles. The molecule has 2 rings (SSSR count). The Hall–Kier alpha value is -2.16. The second-order valence-electron chi connectivity index (χ2n) is 4.34. The summed E-state index contributed by atoms with van der Waals surface area (Å²) in [6.07, 6.45) is 0.726. The van der Waals surface area contributed by atoms with E-state index in [0.717, 1.165) is 12.0 Å². The lowest BCUT2D eigenvalue weighted by Gasteiger charge is -2.06. The molecular formula is C16H15FN2OS. The van der Waals surface area contributed by atoms with Gasteiger partial charge in [0.1, 0.15) is 5.82 Å². The largest absolute Gasteiger partial charge is 0.352 e. The van der Waals surface area contributed by atoms with Gasteiger partial charge in [-0.25, -0.2) is 4.39 Å². The number of thiophene rings is 1. The third kappa shape index (κ3) is 4.42. The summed E-state index contributed by atoms with van der Waals surface area (Å²) in [5, 5.41) is 6.72. The maximum atomic E-state index is 13.7. The number of hydrogen-bond donors (Lipinski definition) is 2. The quantitative estimate of drug-likeness (QED) is 0.851. The van der Waals surface area contributed by atoms with E-state index in [9.17, 15) is 9.18 Å². The van der Waals surface area contributed by atoms with Gasteiger partial charge in [0.25, 0.3) is 5.91 Å². The van der Waals surface area contributed by atoms with Gasteiger partial charge in [-0.2, -0.15) is 11.3 Å². The molecule has 108 valence electrons. The van der Waals surface area contributed by atoms with Crippen LogP contribution < -0.4 is 11.1 Å². The van der Waals surface area contributed by atoms with Crippen molar-refractivity contribution in [1.29, 1.82) is 0 Å². The number of nitrogens with one attached hydrogen (secondary N) is 1. The molecule has 0 spiro atoms. The van der Waals surface area contributed by atoms with Gasteiger partial charge < -0.3 is 11.1 Å². The average Bonchev–Trinajstić information content (AvgIpc) is 2.99. The average molecular weight is 302 g/mol. The molecule has 1 aromatic carbocycles. The summed E-state index contributed by atoms with van der Waals surface area (Å²) in [6.45, 7) is 0.688. The number of hydrogen-bond acceptors (Lipinski definition) is 3. The maximum absolute atomic E-state index is 13.7. The van der Waals surface area contributed by atoms with E-state index in [4.69, 9.17) is 5.73 Å². The van der Waals surface area contributed by atoms with Crippen LogP contribution in [0.3, 0.4) is 0 Å². The highest BCUT2D eigenvalue weighted by molar-refractivity contribution is 7.07. The van der Waals surface area contributed by atoms with E-state index in [1.165, 1.54) is 18.2 Å². The van der Waals surface area contributed by atoms with E-state index in [-0.39, 0.29) is 12.1 Å². The minimum Gasteiger partial charge on any atom is -0.352 e. The van der Waals surface area contributed by atoms with Gasteiger partial charge in [0.2, 0.25) is 0 Å². The van der Waals surface area contributed by atoms with Gasteiger partial charge in [-0.1, -0.05) is 11.8 Å². The summed E-state index contributed by atoms with van der Waals surface area (Å²) in [5.74, 6) is 4.48. The van der Waals surface area contributed by atoms with Gasteiger partial charge in [-0.15, -0.1) is 0 Å². The van der Waals surface area contributed by atoms with Crippen LogP contribution in [0.15, 0.2) is 35.0 Å². The van der Waals surface area contributed by atoms with Crippen LogP contribution >= 0.6 is 11.3 Å². The van der Waals surface area contributed by atoms with E-state index in [1.54, 1.807) is 11.3 Å². The van der Waals surface area contributed by atoms with E-state index >= 15 is 0 Å². The Morgan fingerprint density at radius 1 is 1.38 bits per heavy atom. The minimum absolute atomic E-state index is 0.00383. The Kier molecular flexibility index (Phi) is 5.50. The number of rotatable bonds is 4. The first kappa shape index (κ1) is 15.2. The summed E-state index contributed by atoms with van der Waals surface area (Å²) < 4.78 is 13.7. The first-order chi connectivity index (χ1) is 10.2. The van der Waals surface area contributed by atoms with Gasteiger partial charge in [-0.3, -0.25) is 4.79 Å². The molecule has 3 nitrogen and oxygen atoms in total. The minimum atomic E-state index is -0.554. The fraction of sp³-hybridized carbons (Fsp3) is 0.188. The van der Waals surface area contributed by atoms with Gasteiger partial charge in [0.15, 0.2) is 0 Å². The van der Waals surface area contributed by atoms with Crippen LogP contribution in [-0.2, 0) is 6.42 Å². The van der Waals surface area contributed by atoms with Crippen LogP contribution in [0.25, 0.3) is 0 Å². The maximum Gasteiger partial charge on any atom is 0.254 e. The normalized spacial score (nSPS) is 9.81. The fourth-order valence-electron chi connectivity index (χ4n) is 1.78. The molecule has 0 atom stereocenters. The first-order valence-electron chi connectivity index (χ1n) is 6.48. The molecule has 21 heavy (non-hydrogen) atoms. The van der Waals surface area contributed by atoms with Crippen LogP contribution in [0.4, 0.5) is 4.39 Å². The molecule has 2 aromatic rings. The van der Waals surface area contributed by atoms with E-state index in [2.05, 4.69) is 17.2 Å². The summed E-state index contributed by atoms with van der Waals surface area (Å²) in [6, 6.07) is 6.22. The van der Waals surface area contributed by atoms with Crippen molar-refractivity contribution in [3.05, 3.63) is 57.5 Å². The van der Waals surface area contributed by atoms with Crippen molar-refractivity contribution in [1.82, 2.24) is 5.32 Å². The summed E-state index contributed by atoms with van der Waals surface area (Å²) in [7, 11) is 0. The number of nitrogens with two attached hydrogens (primary N) is 1. The lowest BCUT2D eigenvalue weighted by atomic mass is 10.1. The highest BCUT2D eigenvalue weighted by Crippen LogP contribution is 2.10. The lowest BCUT2D eigenvalue weighted by Crippen LogP contribution is -2.26. The van der Waals surface area contributed by atoms with Gasteiger partial charge in [0, 0.05) is 12.1 Å². The standard InChI is InChI=1S/C16H15FN2OS/c17-15-4-3-12(2-1-7-18)10-14(15)16(20)19-8-5-13-6-9-21-11-13/h3-4,6,9-11H,5,7-8,18H2,(H,19,20). The number of carbonyl (C=O) groups excluding carboxylic acids is 1. The Bertz CT molecular complexity index is 671. The Morgan fingerprint density at radius 2 is 2.24 bits per heavy atom. The Balaban J connectivity index is 2.00. The monoisotopic (exact) mass is 302 g/mol. The van der Waals surface area contributed by atoms with E-state index < -0.39 is 11.7 Å². The van der Waals surface area contributed by atoms with Crippen molar-refractivity contribution in [2.75, 3.05) is 13.1 Å². The van der Waals surface area contributed by atoms with Crippen molar-refractivity contribution in [3.63, 3.8) is 0 Å². The Morgan fingerprint density at radius 3 is 2.95 bits per heavy atom. The smallest absolute Gasteiger partial charge is 0.254 e. The fourth-order valence-corrected chi connectivity index (χ4v) is 2.48. The summed E-state index contributed by atoms with van der Waals surface area (Å²) in [4.78, 5) is 12.0. The third-order valence-corrected chi connectivity index (χ3v) is 3.56. The van der Waals surface area contributed by atoms with Crippen molar-refractivity contribution >= 4 is 17.2 Å². The van der Waals surface area contributed by atoms with Crippen LogP contribution in [0.5, 0.6) is 0 Å². The molecule has 0 bridgehead atoms. The van der Waals surface area contributed by atoms with Crippen molar-refractivity contribution in [2.45, 2.75) is 6.42 Å². The van der Waals surface area contributed by atoms with Gasteiger partial charge >= 0.3 is 0 Å². The molecule has 3 N–H and O–H groups in total. The van der Waals surface area contributed by atoms with Gasteiger partial charge in [-0.05, 0) is 47.0 Å². The molecule has 0 aliphatic rings. The van der Waals surface area contributed by atoms with Crippen LogP contribution in [-0.4, -0.2) is 19.0 Å². The van der Waals surface area contributed by atoms with Crippen molar-refractivity contribution in [3.8, 4) is 11.8 Å². The zero-order chi connectivity index (χ0) is 15.1.